The molecule has 1 aromatic heterocycles. The number of nitrogens with two attached hydrogens (primary N) is 1. The molecule has 3 heterocycles. The van der Waals surface area contributed by atoms with Crippen molar-refractivity contribution in [2.24, 2.45) is 5.14 Å². The molecule has 2 saturated heterocycles. The Kier molecular flexibility index (Phi) is 5.27. The monoisotopic (exact) mass is 442 g/mol. The highest BCUT2D eigenvalue weighted by molar-refractivity contribution is 7.89. The minimum Gasteiger partial charge on any atom is -0.339 e. The number of primary sulfonamides is 1. The molecule has 0 amide bonds. The van der Waals surface area contributed by atoms with Crippen molar-refractivity contribution < 1.29 is 12.9 Å². The van der Waals surface area contributed by atoms with Crippen LogP contribution in [0, 0.1) is 0 Å². The highest BCUT2D eigenvalue weighted by Gasteiger charge is 2.27. The molecule has 7 N–H and O–H groups in total. The van der Waals surface area contributed by atoms with E-state index in [9.17, 15) is 8.42 Å². The quantitative estimate of drug-likeness (QED) is 0.323. The SMILES string of the molecule is NS(=O)(=O)c1cccc(-c2ccc(-c3noc(C4CCNC4)n3)cc2)c1C1NNNN1. The fourth-order valence-electron chi connectivity index (χ4n) is 3.92. The van der Waals surface area contributed by atoms with Crippen molar-refractivity contribution in [3.63, 3.8) is 0 Å². The van der Waals surface area contributed by atoms with Gasteiger partial charge in [0, 0.05) is 17.7 Å². The molecule has 5 rings (SSSR count). The summed E-state index contributed by atoms with van der Waals surface area (Å²) in [5.41, 5.74) is 14.1. The second-order valence-electron chi connectivity index (χ2n) is 7.46. The number of aromatic nitrogens is 2. The van der Waals surface area contributed by atoms with Crippen LogP contribution in [-0.4, -0.2) is 31.6 Å². The number of nitrogens with one attached hydrogen (secondary N) is 5. The van der Waals surface area contributed by atoms with Gasteiger partial charge in [-0.3, -0.25) is 0 Å². The molecule has 0 saturated carbocycles. The first-order valence-corrected chi connectivity index (χ1v) is 11.4. The largest absolute Gasteiger partial charge is 0.339 e. The van der Waals surface area contributed by atoms with E-state index in [1.165, 1.54) is 6.07 Å². The molecule has 11 nitrogen and oxygen atoms in total. The van der Waals surface area contributed by atoms with Gasteiger partial charge < -0.3 is 9.84 Å². The molecule has 2 aliphatic rings. The molecule has 0 aliphatic carbocycles. The van der Waals surface area contributed by atoms with Crippen molar-refractivity contribution in [1.82, 2.24) is 37.4 Å². The zero-order valence-corrected chi connectivity index (χ0v) is 17.2. The maximum Gasteiger partial charge on any atom is 0.238 e. The van der Waals surface area contributed by atoms with Crippen molar-refractivity contribution in [2.75, 3.05) is 13.1 Å². The minimum absolute atomic E-state index is 0.0394. The third kappa shape index (κ3) is 3.97. The van der Waals surface area contributed by atoms with Crippen LogP contribution < -0.4 is 32.4 Å². The van der Waals surface area contributed by atoms with Crippen LogP contribution in [0.5, 0.6) is 0 Å². The smallest absolute Gasteiger partial charge is 0.238 e. The van der Waals surface area contributed by atoms with E-state index in [-0.39, 0.29) is 10.8 Å². The minimum atomic E-state index is -3.93. The van der Waals surface area contributed by atoms with E-state index in [2.05, 4.69) is 37.4 Å². The first-order valence-electron chi connectivity index (χ1n) is 9.82. The van der Waals surface area contributed by atoms with E-state index in [0.717, 1.165) is 36.2 Å². The predicted molar refractivity (Wildman–Crippen MR) is 112 cm³/mol. The molecular formula is C19H22N8O3S. The summed E-state index contributed by atoms with van der Waals surface area (Å²) in [5.74, 6) is 1.42. The second-order valence-corrected chi connectivity index (χ2v) is 8.99. The number of hydrogen-bond donors (Lipinski definition) is 6. The number of benzene rings is 2. The molecule has 1 atom stereocenters. The maximum absolute atomic E-state index is 12.2. The van der Waals surface area contributed by atoms with Crippen molar-refractivity contribution >= 4 is 10.0 Å². The lowest BCUT2D eigenvalue weighted by Gasteiger charge is -2.18. The Hall–Kier alpha value is -2.71. The Morgan fingerprint density at radius 1 is 1.03 bits per heavy atom. The van der Waals surface area contributed by atoms with Crippen molar-refractivity contribution in [1.29, 1.82) is 0 Å². The zero-order valence-electron chi connectivity index (χ0n) is 16.4. The Balaban J connectivity index is 1.50. The molecule has 1 unspecified atom stereocenters. The van der Waals surface area contributed by atoms with Gasteiger partial charge in [0.15, 0.2) is 0 Å². The molecule has 2 aromatic carbocycles. The average Bonchev–Trinajstić information content (AvgIpc) is 3.55. The van der Waals surface area contributed by atoms with E-state index in [1.807, 2.05) is 30.3 Å². The van der Waals surface area contributed by atoms with Gasteiger partial charge in [0.1, 0.15) is 6.17 Å². The van der Waals surface area contributed by atoms with Crippen LogP contribution in [0.3, 0.4) is 0 Å². The van der Waals surface area contributed by atoms with Crippen molar-refractivity contribution in [2.45, 2.75) is 23.4 Å². The summed E-state index contributed by atoms with van der Waals surface area (Å²) in [6, 6.07) is 12.6. The molecule has 0 radical (unpaired) electrons. The predicted octanol–water partition coefficient (Wildman–Crippen LogP) is 0.244. The lowest BCUT2D eigenvalue weighted by atomic mass is 9.97. The normalized spacial score (nSPS) is 19.8. The van der Waals surface area contributed by atoms with Gasteiger partial charge in [0.05, 0.1) is 10.8 Å². The summed E-state index contributed by atoms with van der Waals surface area (Å²) in [7, 11) is -3.93. The number of rotatable bonds is 5. The van der Waals surface area contributed by atoms with Crippen molar-refractivity contribution in [3.8, 4) is 22.5 Å². The summed E-state index contributed by atoms with van der Waals surface area (Å²) < 4.78 is 29.8. The summed E-state index contributed by atoms with van der Waals surface area (Å²) in [4.78, 5) is 4.58. The molecule has 2 fully saturated rings. The van der Waals surface area contributed by atoms with Gasteiger partial charge in [0.25, 0.3) is 0 Å². The van der Waals surface area contributed by atoms with Crippen LogP contribution in [-0.2, 0) is 10.0 Å². The van der Waals surface area contributed by atoms with Crippen molar-refractivity contribution in [3.05, 3.63) is 53.9 Å². The van der Waals surface area contributed by atoms with E-state index in [4.69, 9.17) is 9.66 Å². The Morgan fingerprint density at radius 2 is 1.77 bits per heavy atom. The van der Waals surface area contributed by atoms with Gasteiger partial charge in [-0.25, -0.2) is 24.4 Å². The third-order valence-corrected chi connectivity index (χ3v) is 6.43. The molecule has 31 heavy (non-hydrogen) atoms. The summed E-state index contributed by atoms with van der Waals surface area (Å²) >= 11 is 0. The van der Waals surface area contributed by atoms with Crippen LogP contribution in [0.25, 0.3) is 22.5 Å². The van der Waals surface area contributed by atoms with E-state index in [0.29, 0.717) is 17.3 Å². The fraction of sp³-hybridized carbons (Fsp3) is 0.263. The lowest BCUT2D eigenvalue weighted by Crippen LogP contribution is -2.33. The highest BCUT2D eigenvalue weighted by atomic mass is 32.2. The van der Waals surface area contributed by atoms with Crippen LogP contribution in [0.4, 0.5) is 0 Å². The second kappa shape index (κ2) is 8.09. The first kappa shape index (κ1) is 20.2. The first-order chi connectivity index (χ1) is 15.0. The lowest BCUT2D eigenvalue weighted by molar-refractivity contribution is 0.359. The van der Waals surface area contributed by atoms with E-state index in [1.54, 1.807) is 6.07 Å². The van der Waals surface area contributed by atoms with Crippen LogP contribution in [0.1, 0.15) is 30.0 Å². The highest BCUT2D eigenvalue weighted by Crippen LogP contribution is 2.33. The molecule has 162 valence electrons. The zero-order chi connectivity index (χ0) is 21.4. The molecule has 2 aliphatic heterocycles. The molecule has 12 heteroatoms. The van der Waals surface area contributed by atoms with Gasteiger partial charge in [0.2, 0.25) is 21.7 Å². The van der Waals surface area contributed by atoms with Gasteiger partial charge in [-0.15, -0.1) is 0 Å². The molecule has 0 bridgehead atoms. The number of sulfonamides is 1. The fourth-order valence-corrected chi connectivity index (χ4v) is 4.72. The third-order valence-electron chi connectivity index (χ3n) is 5.46. The molecule has 3 aromatic rings. The summed E-state index contributed by atoms with van der Waals surface area (Å²) in [6.45, 7) is 1.80. The number of nitrogens with zero attached hydrogens (tertiary/aromatic N) is 2. The summed E-state index contributed by atoms with van der Waals surface area (Å²) in [6.07, 6.45) is 0.473. The van der Waals surface area contributed by atoms with Crippen LogP contribution >= 0.6 is 0 Å². The van der Waals surface area contributed by atoms with E-state index >= 15 is 0 Å². The van der Waals surface area contributed by atoms with Gasteiger partial charge in [-0.2, -0.15) is 16.1 Å². The standard InChI is InChI=1S/C19H22N8O3S/c20-31(28,29)15-3-1-2-14(16(15)18-23-26-27-24-18)11-4-6-12(7-5-11)17-22-19(30-25-17)13-8-9-21-10-13/h1-7,13,18,21,23-24,26-27H,8-10H2,(H2,20,28,29). The van der Waals surface area contributed by atoms with Gasteiger partial charge in [-0.1, -0.05) is 41.6 Å². The number of hydrogen-bond acceptors (Lipinski definition) is 10. The Labute approximate surface area is 178 Å². The Morgan fingerprint density at radius 3 is 2.45 bits per heavy atom. The summed E-state index contributed by atoms with van der Waals surface area (Å²) in [5, 5.41) is 12.9. The topological polar surface area (TPSA) is 159 Å². The van der Waals surface area contributed by atoms with Crippen LogP contribution in [0.15, 0.2) is 51.9 Å². The van der Waals surface area contributed by atoms with Crippen LogP contribution in [0.2, 0.25) is 0 Å². The van der Waals surface area contributed by atoms with E-state index < -0.39 is 16.2 Å². The maximum atomic E-state index is 12.2. The number of hydrazine groups is 3. The average molecular weight is 443 g/mol. The molecular weight excluding hydrogens is 420 g/mol. The van der Waals surface area contributed by atoms with Gasteiger partial charge in [-0.05, 0) is 30.2 Å². The Bertz CT molecular complexity index is 1180. The molecule has 0 spiro atoms. The van der Waals surface area contributed by atoms with Gasteiger partial charge >= 0.3 is 0 Å².